The molecule has 0 bridgehead atoms. The van der Waals surface area contributed by atoms with Crippen molar-refractivity contribution in [3.63, 3.8) is 0 Å². The van der Waals surface area contributed by atoms with Gasteiger partial charge in [0.1, 0.15) is 17.2 Å². The Morgan fingerprint density at radius 3 is 2.81 bits per heavy atom. The van der Waals surface area contributed by atoms with Gasteiger partial charge in [0.2, 0.25) is 0 Å². The molecule has 5 heteroatoms. The summed E-state index contributed by atoms with van der Waals surface area (Å²) in [6.07, 6.45) is 2.19. The molecule has 0 aliphatic carbocycles. The van der Waals surface area contributed by atoms with Crippen molar-refractivity contribution in [3.8, 4) is 0 Å². The summed E-state index contributed by atoms with van der Waals surface area (Å²) in [4.78, 5) is 9.58. The van der Waals surface area contributed by atoms with E-state index in [1.165, 1.54) is 17.8 Å². The highest BCUT2D eigenvalue weighted by Gasteiger charge is 2.09. The lowest BCUT2D eigenvalue weighted by molar-refractivity contribution is 0.623. The van der Waals surface area contributed by atoms with Crippen LogP contribution in [0.5, 0.6) is 0 Å². The number of hydrogen-bond donors (Lipinski definition) is 1. The van der Waals surface area contributed by atoms with Crippen LogP contribution in [0.4, 0.5) is 4.39 Å². The maximum atomic E-state index is 13.4. The second-order valence-electron chi connectivity index (χ2n) is 4.59. The zero-order valence-electron chi connectivity index (χ0n) is 11.3. The maximum Gasteiger partial charge on any atom is 0.123 e. The Morgan fingerprint density at radius 1 is 1.10 bits per heavy atom. The van der Waals surface area contributed by atoms with Gasteiger partial charge in [-0.05, 0) is 42.8 Å². The summed E-state index contributed by atoms with van der Waals surface area (Å²) in [5.41, 5.74) is 7.41. The Balaban J connectivity index is 2.02. The van der Waals surface area contributed by atoms with E-state index < -0.39 is 0 Å². The van der Waals surface area contributed by atoms with Crippen LogP contribution >= 0.6 is 11.8 Å². The smallest absolute Gasteiger partial charge is 0.123 e. The predicted octanol–water partition coefficient (Wildman–Crippen LogP) is 3.42. The monoisotopic (exact) mass is 299 g/mol. The first kappa shape index (κ1) is 14.0. The van der Waals surface area contributed by atoms with Gasteiger partial charge < -0.3 is 5.73 Å². The number of rotatable bonds is 4. The van der Waals surface area contributed by atoms with E-state index in [4.69, 9.17) is 5.73 Å². The van der Waals surface area contributed by atoms with E-state index in [2.05, 4.69) is 9.97 Å². The molecule has 0 fully saturated rings. The second kappa shape index (κ2) is 6.20. The number of aromatic nitrogens is 2. The molecule has 0 amide bonds. The highest BCUT2D eigenvalue weighted by atomic mass is 32.2. The third kappa shape index (κ3) is 3.04. The SMILES string of the molecule is NCCc1cc(F)ccc1Sc1ncnc2ccccc12. The third-order valence-electron chi connectivity index (χ3n) is 3.15. The van der Waals surface area contributed by atoms with Crippen molar-refractivity contribution in [2.24, 2.45) is 5.73 Å². The molecule has 0 aliphatic heterocycles. The van der Waals surface area contributed by atoms with Crippen LogP contribution in [-0.2, 0) is 6.42 Å². The number of hydrogen-bond acceptors (Lipinski definition) is 4. The Hall–Kier alpha value is -1.98. The minimum atomic E-state index is -0.240. The van der Waals surface area contributed by atoms with Gasteiger partial charge in [0, 0.05) is 10.3 Å². The fourth-order valence-corrected chi connectivity index (χ4v) is 3.18. The lowest BCUT2D eigenvalue weighted by Gasteiger charge is -2.09. The van der Waals surface area contributed by atoms with Gasteiger partial charge in [0.15, 0.2) is 0 Å². The minimum absolute atomic E-state index is 0.240. The molecular formula is C16H14FN3S. The molecule has 0 spiro atoms. The van der Waals surface area contributed by atoms with Gasteiger partial charge in [-0.15, -0.1) is 0 Å². The molecule has 21 heavy (non-hydrogen) atoms. The van der Waals surface area contributed by atoms with Crippen molar-refractivity contribution in [2.45, 2.75) is 16.3 Å². The molecule has 0 atom stereocenters. The topological polar surface area (TPSA) is 51.8 Å². The van der Waals surface area contributed by atoms with Crippen LogP contribution in [0, 0.1) is 5.82 Å². The summed E-state index contributed by atoms with van der Waals surface area (Å²) in [5.74, 6) is -0.240. The van der Waals surface area contributed by atoms with E-state index in [0.717, 1.165) is 26.4 Å². The lowest BCUT2D eigenvalue weighted by atomic mass is 10.1. The normalized spacial score (nSPS) is 11.0. The highest BCUT2D eigenvalue weighted by molar-refractivity contribution is 7.99. The quantitative estimate of drug-likeness (QED) is 0.750. The van der Waals surface area contributed by atoms with E-state index in [9.17, 15) is 4.39 Å². The first-order chi connectivity index (χ1) is 10.3. The van der Waals surface area contributed by atoms with E-state index in [-0.39, 0.29) is 5.82 Å². The molecule has 0 aliphatic rings. The standard InChI is InChI=1S/C16H14FN3S/c17-12-5-6-15(11(9-12)7-8-18)21-16-13-3-1-2-4-14(13)19-10-20-16/h1-6,9-10H,7-8,18H2. The molecule has 2 N–H and O–H groups in total. The molecule has 1 heterocycles. The Morgan fingerprint density at radius 2 is 1.95 bits per heavy atom. The van der Waals surface area contributed by atoms with Gasteiger partial charge in [-0.25, -0.2) is 14.4 Å². The molecule has 1 aromatic heterocycles. The zero-order valence-corrected chi connectivity index (χ0v) is 12.1. The van der Waals surface area contributed by atoms with Crippen LogP contribution in [0.25, 0.3) is 10.9 Å². The molecule has 3 rings (SSSR count). The van der Waals surface area contributed by atoms with Crippen molar-refractivity contribution >= 4 is 22.7 Å². The predicted molar refractivity (Wildman–Crippen MR) is 82.8 cm³/mol. The van der Waals surface area contributed by atoms with E-state index in [0.29, 0.717) is 13.0 Å². The number of benzene rings is 2. The lowest BCUT2D eigenvalue weighted by Crippen LogP contribution is -2.04. The van der Waals surface area contributed by atoms with Gasteiger partial charge >= 0.3 is 0 Å². The summed E-state index contributed by atoms with van der Waals surface area (Å²) in [6, 6.07) is 12.6. The molecule has 3 nitrogen and oxygen atoms in total. The molecule has 0 radical (unpaired) electrons. The highest BCUT2D eigenvalue weighted by Crippen LogP contribution is 2.33. The van der Waals surface area contributed by atoms with Crippen LogP contribution in [-0.4, -0.2) is 16.5 Å². The largest absolute Gasteiger partial charge is 0.330 e. The van der Waals surface area contributed by atoms with Crippen molar-refractivity contribution in [3.05, 3.63) is 60.2 Å². The van der Waals surface area contributed by atoms with Gasteiger partial charge in [0.05, 0.1) is 5.52 Å². The average molecular weight is 299 g/mol. The van der Waals surface area contributed by atoms with Gasteiger partial charge in [-0.3, -0.25) is 0 Å². The van der Waals surface area contributed by atoms with Crippen LogP contribution in [0.1, 0.15) is 5.56 Å². The van der Waals surface area contributed by atoms with Crippen LogP contribution < -0.4 is 5.73 Å². The zero-order chi connectivity index (χ0) is 14.7. The van der Waals surface area contributed by atoms with Crippen molar-refractivity contribution in [2.75, 3.05) is 6.54 Å². The number of fused-ring (bicyclic) bond motifs is 1. The summed E-state index contributed by atoms with van der Waals surface area (Å²) in [7, 11) is 0. The first-order valence-electron chi connectivity index (χ1n) is 6.64. The molecular weight excluding hydrogens is 285 g/mol. The maximum absolute atomic E-state index is 13.4. The molecule has 3 aromatic rings. The van der Waals surface area contributed by atoms with E-state index >= 15 is 0 Å². The summed E-state index contributed by atoms with van der Waals surface area (Å²) in [5, 5.41) is 1.86. The van der Waals surface area contributed by atoms with Gasteiger partial charge in [0.25, 0.3) is 0 Å². The number of para-hydroxylation sites is 1. The molecule has 0 unspecified atom stereocenters. The fraction of sp³-hybridized carbons (Fsp3) is 0.125. The molecule has 106 valence electrons. The number of nitrogens with zero attached hydrogens (tertiary/aromatic N) is 2. The molecule has 2 aromatic carbocycles. The summed E-state index contributed by atoms with van der Waals surface area (Å²) in [6.45, 7) is 0.488. The van der Waals surface area contributed by atoms with Gasteiger partial charge in [-0.2, -0.15) is 0 Å². The Labute approximate surface area is 126 Å². The van der Waals surface area contributed by atoms with Crippen molar-refractivity contribution < 1.29 is 4.39 Å². The van der Waals surface area contributed by atoms with E-state index in [1.54, 1.807) is 18.5 Å². The first-order valence-corrected chi connectivity index (χ1v) is 7.45. The van der Waals surface area contributed by atoms with Gasteiger partial charge in [-0.1, -0.05) is 30.0 Å². The van der Waals surface area contributed by atoms with E-state index in [1.807, 2.05) is 24.3 Å². The second-order valence-corrected chi connectivity index (χ2v) is 5.62. The van der Waals surface area contributed by atoms with Crippen LogP contribution in [0.15, 0.2) is 58.7 Å². The Bertz CT molecular complexity index is 771. The number of halogens is 1. The molecule has 0 saturated carbocycles. The average Bonchev–Trinajstić information content (AvgIpc) is 2.50. The van der Waals surface area contributed by atoms with Crippen LogP contribution in [0.3, 0.4) is 0 Å². The summed E-state index contributed by atoms with van der Waals surface area (Å²) < 4.78 is 13.4. The van der Waals surface area contributed by atoms with Crippen LogP contribution in [0.2, 0.25) is 0 Å². The fourth-order valence-electron chi connectivity index (χ4n) is 2.16. The number of nitrogens with two attached hydrogens (primary N) is 1. The van der Waals surface area contributed by atoms with Crippen molar-refractivity contribution in [1.29, 1.82) is 0 Å². The Kier molecular flexibility index (Phi) is 4.13. The summed E-state index contributed by atoms with van der Waals surface area (Å²) >= 11 is 1.52. The minimum Gasteiger partial charge on any atom is -0.330 e. The van der Waals surface area contributed by atoms with Crippen molar-refractivity contribution in [1.82, 2.24) is 9.97 Å². The molecule has 0 saturated heterocycles. The third-order valence-corrected chi connectivity index (χ3v) is 4.29.